The molecule has 2 aliphatic rings. The maximum atomic E-state index is 10.9. The van der Waals surface area contributed by atoms with Crippen molar-refractivity contribution < 1.29 is 9.53 Å². The summed E-state index contributed by atoms with van der Waals surface area (Å²) in [6, 6.07) is 0. The summed E-state index contributed by atoms with van der Waals surface area (Å²) in [6.07, 6.45) is -0.216. The number of rotatable bonds is 0. The lowest BCUT2D eigenvalue weighted by molar-refractivity contribution is -0.0279. The molecule has 0 aliphatic carbocycles. The van der Waals surface area contributed by atoms with Crippen molar-refractivity contribution in [2.24, 2.45) is 0 Å². The maximum absolute atomic E-state index is 10.9. The van der Waals surface area contributed by atoms with Crippen LogP contribution in [0.15, 0.2) is 0 Å². The molecule has 0 atom stereocenters. The number of ether oxygens (including phenoxy) is 1. The second-order valence-electron chi connectivity index (χ2n) is 3.23. The van der Waals surface area contributed by atoms with Gasteiger partial charge in [0.2, 0.25) is 0 Å². The van der Waals surface area contributed by atoms with Gasteiger partial charge in [0.15, 0.2) is 5.60 Å². The summed E-state index contributed by atoms with van der Waals surface area (Å²) < 4.78 is 7.00. The van der Waals surface area contributed by atoms with Crippen LogP contribution in [0.4, 0.5) is 4.79 Å². The normalized spacial score (nSPS) is 28.9. The van der Waals surface area contributed by atoms with Crippen molar-refractivity contribution in [3.8, 4) is 0 Å². The van der Waals surface area contributed by atoms with Gasteiger partial charge in [-0.3, -0.25) is 0 Å². The molecule has 0 aromatic rings. The van der Waals surface area contributed by atoms with Gasteiger partial charge in [0.05, 0.1) is 19.6 Å². The van der Waals surface area contributed by atoms with Gasteiger partial charge < -0.3 is 9.64 Å². The number of carbonyl (C=O) groups is 1. The average molecular weight is 174 g/mol. The van der Waals surface area contributed by atoms with Crippen LogP contribution in [0.25, 0.3) is 0 Å². The van der Waals surface area contributed by atoms with Crippen LogP contribution in [0, 0.1) is 0 Å². The molecule has 1 amide bonds. The SMILES string of the molecule is CN1CC2(CN(S)C2)OC1=O. The van der Waals surface area contributed by atoms with Gasteiger partial charge >= 0.3 is 6.09 Å². The first kappa shape index (κ1) is 7.24. The van der Waals surface area contributed by atoms with E-state index in [0.29, 0.717) is 6.54 Å². The molecule has 62 valence electrons. The Bertz CT molecular complexity index is 203. The Morgan fingerprint density at radius 1 is 1.55 bits per heavy atom. The van der Waals surface area contributed by atoms with E-state index in [-0.39, 0.29) is 11.7 Å². The van der Waals surface area contributed by atoms with Crippen LogP contribution in [0.5, 0.6) is 0 Å². The Morgan fingerprint density at radius 2 is 2.18 bits per heavy atom. The van der Waals surface area contributed by atoms with Crippen LogP contribution in [0.1, 0.15) is 0 Å². The van der Waals surface area contributed by atoms with E-state index in [4.69, 9.17) is 4.74 Å². The van der Waals surface area contributed by atoms with Gasteiger partial charge in [0, 0.05) is 7.05 Å². The monoisotopic (exact) mass is 174 g/mol. The molecule has 2 saturated heterocycles. The molecule has 11 heavy (non-hydrogen) atoms. The fraction of sp³-hybridized carbons (Fsp3) is 0.833. The van der Waals surface area contributed by atoms with Crippen molar-refractivity contribution in [1.29, 1.82) is 0 Å². The zero-order valence-electron chi connectivity index (χ0n) is 6.28. The Morgan fingerprint density at radius 3 is 2.55 bits per heavy atom. The number of nitrogens with zero attached hydrogens (tertiary/aromatic N) is 2. The van der Waals surface area contributed by atoms with Crippen LogP contribution in [0.2, 0.25) is 0 Å². The molecular formula is C6H10N2O2S. The summed E-state index contributed by atoms with van der Waals surface area (Å²) >= 11 is 4.12. The number of hydrogen-bond donors (Lipinski definition) is 1. The highest BCUT2D eigenvalue weighted by molar-refractivity contribution is 7.77. The van der Waals surface area contributed by atoms with E-state index in [9.17, 15) is 4.79 Å². The van der Waals surface area contributed by atoms with Crippen molar-refractivity contribution in [2.75, 3.05) is 26.7 Å². The lowest BCUT2D eigenvalue weighted by Gasteiger charge is -2.42. The zero-order chi connectivity index (χ0) is 8.06. The molecule has 4 nitrogen and oxygen atoms in total. The molecule has 0 aromatic heterocycles. The van der Waals surface area contributed by atoms with Gasteiger partial charge in [-0.25, -0.2) is 9.10 Å². The smallest absolute Gasteiger partial charge is 0.410 e. The van der Waals surface area contributed by atoms with Crippen molar-refractivity contribution >= 4 is 18.9 Å². The minimum atomic E-state index is -0.242. The van der Waals surface area contributed by atoms with E-state index in [1.54, 1.807) is 11.9 Å². The zero-order valence-corrected chi connectivity index (χ0v) is 7.17. The van der Waals surface area contributed by atoms with E-state index < -0.39 is 0 Å². The van der Waals surface area contributed by atoms with Crippen LogP contribution in [-0.2, 0) is 4.74 Å². The molecular weight excluding hydrogens is 164 g/mol. The second-order valence-corrected chi connectivity index (χ2v) is 3.80. The van der Waals surface area contributed by atoms with E-state index in [1.165, 1.54) is 0 Å². The standard InChI is InChI=1S/C6H10N2O2S/c1-7-2-6(10-5(7)9)3-8(11)4-6/h11H,2-4H2,1H3. The minimum Gasteiger partial charge on any atom is -0.438 e. The molecule has 0 aromatic carbocycles. The minimum absolute atomic E-state index is 0.216. The Labute approximate surface area is 70.6 Å². The maximum Gasteiger partial charge on any atom is 0.410 e. The van der Waals surface area contributed by atoms with Crippen molar-refractivity contribution in [3.63, 3.8) is 0 Å². The highest BCUT2D eigenvalue weighted by atomic mass is 32.1. The van der Waals surface area contributed by atoms with Gasteiger partial charge in [-0.15, -0.1) is 0 Å². The van der Waals surface area contributed by atoms with Gasteiger partial charge in [0.25, 0.3) is 0 Å². The molecule has 0 N–H and O–H groups in total. The fourth-order valence-electron chi connectivity index (χ4n) is 1.58. The number of amides is 1. The summed E-state index contributed by atoms with van der Waals surface area (Å²) in [4.78, 5) is 12.5. The molecule has 5 heteroatoms. The van der Waals surface area contributed by atoms with Gasteiger partial charge in [-0.2, -0.15) is 0 Å². The molecule has 2 aliphatic heterocycles. The Kier molecular flexibility index (Phi) is 1.34. The molecule has 2 rings (SSSR count). The molecule has 0 radical (unpaired) electrons. The predicted molar refractivity (Wildman–Crippen MR) is 42.4 cm³/mol. The van der Waals surface area contributed by atoms with Crippen molar-refractivity contribution in [3.05, 3.63) is 0 Å². The Hall–Kier alpha value is -0.420. The third-order valence-corrected chi connectivity index (χ3v) is 2.37. The number of hydrogen-bond acceptors (Lipinski definition) is 4. The first-order valence-electron chi connectivity index (χ1n) is 3.49. The van der Waals surface area contributed by atoms with Crippen LogP contribution in [0.3, 0.4) is 0 Å². The number of thiol groups is 1. The van der Waals surface area contributed by atoms with Gasteiger partial charge in [-0.1, -0.05) is 12.8 Å². The third-order valence-electron chi connectivity index (χ3n) is 2.08. The van der Waals surface area contributed by atoms with Crippen LogP contribution < -0.4 is 0 Å². The van der Waals surface area contributed by atoms with E-state index >= 15 is 0 Å². The number of likely N-dealkylation sites (N-methyl/N-ethyl adjacent to an activating group) is 1. The molecule has 2 fully saturated rings. The lowest BCUT2D eigenvalue weighted by Crippen LogP contribution is -2.60. The van der Waals surface area contributed by atoms with E-state index in [1.807, 2.05) is 4.31 Å². The van der Waals surface area contributed by atoms with E-state index in [2.05, 4.69) is 12.8 Å². The third kappa shape index (κ3) is 0.990. The van der Waals surface area contributed by atoms with Gasteiger partial charge in [-0.05, 0) is 0 Å². The molecule has 0 bridgehead atoms. The quantitative estimate of drug-likeness (QED) is 0.523. The lowest BCUT2D eigenvalue weighted by atomic mass is 9.97. The predicted octanol–water partition coefficient (Wildman–Crippen LogP) is -0.0324. The molecule has 0 unspecified atom stereocenters. The van der Waals surface area contributed by atoms with Gasteiger partial charge in [0.1, 0.15) is 0 Å². The van der Waals surface area contributed by atoms with Crippen molar-refractivity contribution in [2.45, 2.75) is 5.60 Å². The first-order valence-corrected chi connectivity index (χ1v) is 3.89. The fourth-order valence-corrected chi connectivity index (χ4v) is 2.09. The van der Waals surface area contributed by atoms with Crippen molar-refractivity contribution in [1.82, 2.24) is 9.21 Å². The molecule has 0 saturated carbocycles. The second kappa shape index (κ2) is 2.04. The topological polar surface area (TPSA) is 32.8 Å². The summed E-state index contributed by atoms with van der Waals surface area (Å²) in [5.41, 5.74) is -0.242. The number of carbonyl (C=O) groups excluding carboxylic acids is 1. The largest absolute Gasteiger partial charge is 0.438 e. The summed E-state index contributed by atoms with van der Waals surface area (Å²) in [7, 11) is 1.75. The average Bonchev–Trinajstić information content (AvgIpc) is 2.07. The van der Waals surface area contributed by atoms with E-state index in [0.717, 1.165) is 13.1 Å². The highest BCUT2D eigenvalue weighted by Gasteiger charge is 2.51. The molecule has 2 heterocycles. The first-order chi connectivity index (χ1) is 5.11. The Balaban J connectivity index is 2.04. The summed E-state index contributed by atoms with van der Waals surface area (Å²) in [6.45, 7) is 2.18. The summed E-state index contributed by atoms with van der Waals surface area (Å²) in [5.74, 6) is 0. The van der Waals surface area contributed by atoms with Crippen LogP contribution in [-0.4, -0.2) is 47.6 Å². The molecule has 1 spiro atoms. The highest BCUT2D eigenvalue weighted by Crippen LogP contribution is 2.32. The van der Waals surface area contributed by atoms with Crippen LogP contribution >= 0.6 is 12.8 Å². The summed E-state index contributed by atoms with van der Waals surface area (Å²) in [5, 5.41) is 0.